The lowest BCUT2D eigenvalue weighted by atomic mass is 10.0. The number of halogens is 1. The van der Waals surface area contributed by atoms with Crippen LogP contribution in [0.4, 0.5) is 4.39 Å². The van der Waals surface area contributed by atoms with Gasteiger partial charge in [-0.15, -0.1) is 0 Å². The summed E-state index contributed by atoms with van der Waals surface area (Å²) in [5.41, 5.74) is 1.59. The molecule has 0 atom stereocenters. The Morgan fingerprint density at radius 1 is 1.11 bits per heavy atom. The first kappa shape index (κ1) is 11.4. The number of nitrogens with zero attached hydrogens (tertiary/aromatic N) is 2. The van der Waals surface area contributed by atoms with E-state index in [9.17, 15) is 9.65 Å². The van der Waals surface area contributed by atoms with Gasteiger partial charge < -0.3 is 4.74 Å². The maximum absolute atomic E-state index is 13.3. The van der Waals surface area contributed by atoms with E-state index in [1.54, 1.807) is 31.4 Å². The van der Waals surface area contributed by atoms with E-state index in [0.717, 1.165) is 5.39 Å². The number of nitriles is 1. The van der Waals surface area contributed by atoms with Crippen LogP contribution in [0.3, 0.4) is 0 Å². The monoisotopic (exact) mass is 252 g/mol. The Morgan fingerprint density at radius 3 is 2.47 bits per heavy atom. The van der Waals surface area contributed by atoms with Crippen molar-refractivity contribution >= 4 is 21.8 Å². The first-order valence-electron chi connectivity index (χ1n) is 5.70. The average molecular weight is 252 g/mol. The standard InChI is InChI=1S/C15H9FN2O/c1-19-10-3-5-12-13(8-17)11-4-2-9(16)6-14(11)18-15(12)7-10/h2-7H,1H3. The van der Waals surface area contributed by atoms with Crippen molar-refractivity contribution < 1.29 is 9.13 Å². The molecule has 3 rings (SSSR count). The van der Waals surface area contributed by atoms with Gasteiger partial charge >= 0.3 is 0 Å². The van der Waals surface area contributed by atoms with Crippen molar-refractivity contribution in [1.29, 1.82) is 5.26 Å². The van der Waals surface area contributed by atoms with Gasteiger partial charge in [0.05, 0.1) is 23.7 Å². The van der Waals surface area contributed by atoms with E-state index in [4.69, 9.17) is 4.74 Å². The molecule has 1 aromatic heterocycles. The molecule has 0 saturated heterocycles. The molecule has 1 heterocycles. The van der Waals surface area contributed by atoms with Crippen LogP contribution in [-0.4, -0.2) is 12.1 Å². The normalized spacial score (nSPS) is 10.6. The molecule has 2 aromatic carbocycles. The SMILES string of the molecule is COc1ccc2c(C#N)c3ccc(F)cc3nc2c1. The Kier molecular flexibility index (Phi) is 2.53. The molecule has 19 heavy (non-hydrogen) atoms. The molecular formula is C15H9FN2O. The summed E-state index contributed by atoms with van der Waals surface area (Å²) in [7, 11) is 1.56. The van der Waals surface area contributed by atoms with E-state index in [1.807, 2.05) is 0 Å². The molecule has 0 unspecified atom stereocenters. The smallest absolute Gasteiger partial charge is 0.125 e. The first-order chi connectivity index (χ1) is 9.22. The fourth-order valence-electron chi connectivity index (χ4n) is 2.15. The highest BCUT2D eigenvalue weighted by Gasteiger charge is 2.10. The summed E-state index contributed by atoms with van der Waals surface area (Å²) in [5, 5.41) is 10.7. The number of rotatable bonds is 1. The van der Waals surface area contributed by atoms with Gasteiger partial charge in [0, 0.05) is 22.9 Å². The molecule has 3 aromatic rings. The second-order valence-electron chi connectivity index (χ2n) is 4.14. The lowest BCUT2D eigenvalue weighted by molar-refractivity contribution is 0.415. The number of methoxy groups -OCH3 is 1. The Labute approximate surface area is 108 Å². The second kappa shape index (κ2) is 4.21. The third-order valence-electron chi connectivity index (χ3n) is 3.06. The number of fused-ring (bicyclic) bond motifs is 2. The van der Waals surface area contributed by atoms with Crippen LogP contribution in [0.25, 0.3) is 21.8 Å². The van der Waals surface area contributed by atoms with E-state index in [0.29, 0.717) is 27.7 Å². The van der Waals surface area contributed by atoms with E-state index in [2.05, 4.69) is 11.1 Å². The summed E-state index contributed by atoms with van der Waals surface area (Å²) in [6, 6.07) is 11.7. The fraction of sp³-hybridized carbons (Fsp3) is 0.0667. The molecular weight excluding hydrogens is 243 g/mol. The molecule has 0 bridgehead atoms. The lowest BCUT2D eigenvalue weighted by Gasteiger charge is -2.07. The first-order valence-corrected chi connectivity index (χ1v) is 5.70. The second-order valence-corrected chi connectivity index (χ2v) is 4.14. The van der Waals surface area contributed by atoms with Gasteiger partial charge in [0.15, 0.2) is 0 Å². The molecule has 0 saturated carbocycles. The quantitative estimate of drug-likeness (QED) is 0.623. The summed E-state index contributed by atoms with van der Waals surface area (Å²) < 4.78 is 18.4. The zero-order chi connectivity index (χ0) is 13.4. The molecule has 4 heteroatoms. The van der Waals surface area contributed by atoms with Gasteiger partial charge in [0.2, 0.25) is 0 Å². The van der Waals surface area contributed by atoms with Crippen LogP contribution < -0.4 is 4.74 Å². The summed E-state index contributed by atoms with van der Waals surface area (Å²) in [6.45, 7) is 0. The molecule has 0 fully saturated rings. The van der Waals surface area contributed by atoms with Gasteiger partial charge in [-0.25, -0.2) is 9.37 Å². The van der Waals surface area contributed by atoms with Crippen LogP contribution in [0.5, 0.6) is 5.75 Å². The predicted octanol–water partition coefficient (Wildman–Crippen LogP) is 3.41. The molecule has 92 valence electrons. The zero-order valence-electron chi connectivity index (χ0n) is 10.1. The number of pyridine rings is 1. The van der Waals surface area contributed by atoms with Crippen molar-refractivity contribution in [3.63, 3.8) is 0 Å². The van der Waals surface area contributed by atoms with Crippen LogP contribution in [0, 0.1) is 17.1 Å². The molecule has 0 N–H and O–H groups in total. The van der Waals surface area contributed by atoms with Crippen LogP contribution >= 0.6 is 0 Å². The highest BCUT2D eigenvalue weighted by atomic mass is 19.1. The molecule has 0 spiro atoms. The van der Waals surface area contributed by atoms with Gasteiger partial charge in [0.1, 0.15) is 17.6 Å². The van der Waals surface area contributed by atoms with Gasteiger partial charge in [-0.05, 0) is 24.3 Å². The summed E-state index contributed by atoms with van der Waals surface area (Å²) in [4.78, 5) is 4.38. The summed E-state index contributed by atoms with van der Waals surface area (Å²) >= 11 is 0. The topological polar surface area (TPSA) is 45.9 Å². The lowest BCUT2D eigenvalue weighted by Crippen LogP contribution is -1.91. The zero-order valence-corrected chi connectivity index (χ0v) is 10.1. The highest BCUT2D eigenvalue weighted by molar-refractivity contribution is 6.00. The molecule has 0 aliphatic rings. The largest absolute Gasteiger partial charge is 0.497 e. The van der Waals surface area contributed by atoms with Gasteiger partial charge in [-0.2, -0.15) is 5.26 Å². The molecule has 0 aliphatic heterocycles. The molecule has 0 amide bonds. The van der Waals surface area contributed by atoms with E-state index >= 15 is 0 Å². The third kappa shape index (κ3) is 1.76. The summed E-state index contributed by atoms with van der Waals surface area (Å²) in [6.07, 6.45) is 0. The van der Waals surface area contributed by atoms with Crippen LogP contribution in [0.1, 0.15) is 5.56 Å². The number of hydrogen-bond acceptors (Lipinski definition) is 3. The minimum absolute atomic E-state index is 0.369. The van der Waals surface area contributed by atoms with E-state index < -0.39 is 0 Å². The van der Waals surface area contributed by atoms with Gasteiger partial charge in [0.25, 0.3) is 0 Å². The van der Waals surface area contributed by atoms with Crippen LogP contribution in [0.15, 0.2) is 36.4 Å². The maximum atomic E-state index is 13.3. The van der Waals surface area contributed by atoms with Crippen molar-refractivity contribution in [1.82, 2.24) is 4.98 Å². The minimum atomic E-state index is -0.369. The Morgan fingerprint density at radius 2 is 1.79 bits per heavy atom. The van der Waals surface area contributed by atoms with Gasteiger partial charge in [-0.3, -0.25) is 0 Å². The number of hydrogen-bond donors (Lipinski definition) is 0. The predicted molar refractivity (Wildman–Crippen MR) is 70.5 cm³/mol. The number of aromatic nitrogens is 1. The van der Waals surface area contributed by atoms with Crippen molar-refractivity contribution in [2.75, 3.05) is 7.11 Å². The Hall–Kier alpha value is -2.67. The minimum Gasteiger partial charge on any atom is -0.497 e. The van der Waals surface area contributed by atoms with E-state index in [-0.39, 0.29) is 5.82 Å². The number of benzene rings is 2. The summed E-state index contributed by atoms with van der Waals surface area (Å²) in [5.74, 6) is 0.283. The molecule has 3 nitrogen and oxygen atoms in total. The van der Waals surface area contributed by atoms with Crippen LogP contribution in [0.2, 0.25) is 0 Å². The maximum Gasteiger partial charge on any atom is 0.125 e. The molecule has 0 radical (unpaired) electrons. The van der Waals surface area contributed by atoms with Crippen LogP contribution in [-0.2, 0) is 0 Å². The Bertz CT molecular complexity index is 837. The third-order valence-corrected chi connectivity index (χ3v) is 3.06. The highest BCUT2D eigenvalue weighted by Crippen LogP contribution is 2.28. The number of ether oxygens (including phenoxy) is 1. The van der Waals surface area contributed by atoms with Crippen molar-refractivity contribution in [2.24, 2.45) is 0 Å². The van der Waals surface area contributed by atoms with E-state index in [1.165, 1.54) is 12.1 Å². The average Bonchev–Trinajstić information content (AvgIpc) is 2.43. The molecule has 0 aliphatic carbocycles. The van der Waals surface area contributed by atoms with Gasteiger partial charge in [-0.1, -0.05) is 0 Å². The Balaban J connectivity index is 2.49. The van der Waals surface area contributed by atoms with Crippen molar-refractivity contribution in [3.05, 3.63) is 47.8 Å². The fourth-order valence-corrected chi connectivity index (χ4v) is 2.15. The van der Waals surface area contributed by atoms with Crippen molar-refractivity contribution in [3.8, 4) is 11.8 Å². The van der Waals surface area contributed by atoms with Crippen molar-refractivity contribution in [2.45, 2.75) is 0 Å².